The van der Waals surface area contributed by atoms with Crippen molar-refractivity contribution in [2.75, 3.05) is 6.54 Å². The molecule has 3 aromatic rings. The molecule has 166 valence electrons. The van der Waals surface area contributed by atoms with Gasteiger partial charge in [0.15, 0.2) is 0 Å². The van der Waals surface area contributed by atoms with Gasteiger partial charge in [0.1, 0.15) is 17.6 Å². The number of hydrogen-bond acceptors (Lipinski definition) is 5. The van der Waals surface area contributed by atoms with Crippen LogP contribution in [0, 0.1) is 0 Å². The Kier molecular flexibility index (Phi) is 5.42. The highest BCUT2D eigenvalue weighted by Gasteiger charge is 2.45. The topological polar surface area (TPSA) is 79.7 Å². The number of carbonyl (C=O) groups excluding carboxylic acids is 2. The Balaban J connectivity index is 1.56. The number of aromatic nitrogens is 1. The predicted molar refractivity (Wildman–Crippen MR) is 124 cm³/mol. The Morgan fingerprint density at radius 1 is 1.09 bits per heavy atom. The molecule has 5 rings (SSSR count). The largest absolute Gasteiger partial charge is 0.507 e. The fourth-order valence-electron chi connectivity index (χ4n) is 4.62. The summed E-state index contributed by atoms with van der Waals surface area (Å²) in [6, 6.07) is 18.1. The Labute approximate surface area is 192 Å². The number of rotatable bonds is 5. The van der Waals surface area contributed by atoms with Crippen LogP contribution in [0.15, 0.2) is 78.6 Å². The minimum Gasteiger partial charge on any atom is -0.507 e. The van der Waals surface area contributed by atoms with Gasteiger partial charge < -0.3 is 14.7 Å². The molecule has 2 aliphatic heterocycles. The molecular formula is C27H24N2O4. The molecule has 0 bridgehead atoms. The molecule has 0 radical (unpaired) electrons. The van der Waals surface area contributed by atoms with Crippen molar-refractivity contribution in [2.24, 2.45) is 0 Å². The van der Waals surface area contributed by atoms with E-state index in [4.69, 9.17) is 4.74 Å². The van der Waals surface area contributed by atoms with Crippen LogP contribution in [0.25, 0.3) is 5.76 Å². The van der Waals surface area contributed by atoms with E-state index < -0.39 is 17.7 Å². The number of ketones is 1. The molecule has 1 N–H and O–H groups in total. The van der Waals surface area contributed by atoms with E-state index in [1.165, 1.54) is 0 Å². The maximum atomic E-state index is 13.2. The van der Waals surface area contributed by atoms with Gasteiger partial charge in [-0.2, -0.15) is 0 Å². The van der Waals surface area contributed by atoms with Crippen LogP contribution in [0.1, 0.15) is 35.2 Å². The lowest BCUT2D eigenvalue weighted by Gasteiger charge is -2.25. The number of benzene rings is 2. The van der Waals surface area contributed by atoms with Crippen molar-refractivity contribution in [3.8, 4) is 5.75 Å². The number of nitrogens with zero attached hydrogens (tertiary/aromatic N) is 2. The van der Waals surface area contributed by atoms with E-state index in [0.717, 1.165) is 28.9 Å². The van der Waals surface area contributed by atoms with Gasteiger partial charge in [-0.05, 0) is 60.4 Å². The van der Waals surface area contributed by atoms with Gasteiger partial charge in [-0.1, -0.05) is 30.3 Å². The number of hydrogen-bond donors (Lipinski definition) is 1. The summed E-state index contributed by atoms with van der Waals surface area (Å²) in [5.74, 6) is -0.660. The summed E-state index contributed by atoms with van der Waals surface area (Å²) in [5, 5.41) is 11.3. The normalized spacial score (nSPS) is 21.2. The fraction of sp³-hybridized carbons (Fsp3) is 0.222. The zero-order valence-corrected chi connectivity index (χ0v) is 18.3. The van der Waals surface area contributed by atoms with E-state index in [0.29, 0.717) is 18.5 Å². The van der Waals surface area contributed by atoms with Crippen LogP contribution < -0.4 is 4.74 Å². The average molecular weight is 440 g/mol. The van der Waals surface area contributed by atoms with E-state index in [1.54, 1.807) is 41.6 Å². The second kappa shape index (κ2) is 8.54. The molecule has 33 heavy (non-hydrogen) atoms. The Morgan fingerprint density at radius 3 is 2.61 bits per heavy atom. The molecule has 2 atom stereocenters. The van der Waals surface area contributed by atoms with Crippen LogP contribution in [0.2, 0.25) is 0 Å². The van der Waals surface area contributed by atoms with Gasteiger partial charge in [0, 0.05) is 30.9 Å². The molecule has 6 nitrogen and oxygen atoms in total. The maximum absolute atomic E-state index is 13.2. The summed E-state index contributed by atoms with van der Waals surface area (Å²) in [4.78, 5) is 31.9. The Bertz CT molecular complexity index is 1240. The highest BCUT2D eigenvalue weighted by molar-refractivity contribution is 6.46. The van der Waals surface area contributed by atoms with Gasteiger partial charge in [0.05, 0.1) is 11.6 Å². The minimum absolute atomic E-state index is 0.0674. The van der Waals surface area contributed by atoms with Gasteiger partial charge in [-0.15, -0.1) is 0 Å². The van der Waals surface area contributed by atoms with Crippen molar-refractivity contribution >= 4 is 17.4 Å². The first-order valence-electron chi connectivity index (χ1n) is 11.0. The fourth-order valence-corrected chi connectivity index (χ4v) is 4.62. The molecule has 2 aliphatic rings. The summed E-state index contributed by atoms with van der Waals surface area (Å²) < 4.78 is 5.75. The molecule has 1 aromatic heterocycles. The number of pyridine rings is 1. The molecular weight excluding hydrogens is 416 g/mol. The Hall–Kier alpha value is -3.93. The molecule has 1 fully saturated rings. The predicted octanol–water partition coefficient (Wildman–Crippen LogP) is 4.07. The van der Waals surface area contributed by atoms with Gasteiger partial charge >= 0.3 is 0 Å². The molecule has 2 aromatic carbocycles. The first kappa shape index (κ1) is 20.9. The van der Waals surface area contributed by atoms with Crippen LogP contribution >= 0.6 is 0 Å². The second-order valence-corrected chi connectivity index (χ2v) is 8.46. The SMILES string of the molecule is C[C@H]1Cc2cc(/C(O)=C3\C(=O)C(=O)N(CCc4ccccc4)[C@H]3c3ccncc3)ccc2O1. The summed E-state index contributed by atoms with van der Waals surface area (Å²) in [6.07, 6.45) is 4.65. The van der Waals surface area contributed by atoms with Crippen molar-refractivity contribution in [1.29, 1.82) is 0 Å². The monoisotopic (exact) mass is 440 g/mol. The van der Waals surface area contributed by atoms with Crippen molar-refractivity contribution in [3.05, 3.63) is 101 Å². The number of likely N-dealkylation sites (tertiary alicyclic amines) is 1. The number of Topliss-reactive ketones (excluding diaryl/α,β-unsaturated/α-hetero) is 1. The lowest BCUT2D eigenvalue weighted by Crippen LogP contribution is -2.31. The van der Waals surface area contributed by atoms with E-state index in [2.05, 4.69) is 4.98 Å². The average Bonchev–Trinajstić information content (AvgIpc) is 3.34. The number of fused-ring (bicyclic) bond motifs is 1. The van der Waals surface area contributed by atoms with E-state index in [9.17, 15) is 14.7 Å². The molecule has 1 saturated heterocycles. The van der Waals surface area contributed by atoms with Gasteiger partial charge in [-0.3, -0.25) is 14.6 Å². The van der Waals surface area contributed by atoms with Crippen molar-refractivity contribution in [3.63, 3.8) is 0 Å². The molecule has 0 spiro atoms. The molecule has 0 saturated carbocycles. The molecule has 1 amide bonds. The summed E-state index contributed by atoms with van der Waals surface area (Å²) in [6.45, 7) is 2.34. The highest BCUT2D eigenvalue weighted by atomic mass is 16.5. The third-order valence-electron chi connectivity index (χ3n) is 6.22. The van der Waals surface area contributed by atoms with Crippen molar-refractivity contribution < 1.29 is 19.4 Å². The summed E-state index contributed by atoms with van der Waals surface area (Å²) in [5.41, 5.74) is 3.39. The van der Waals surface area contributed by atoms with Crippen LogP contribution in [0.3, 0.4) is 0 Å². The molecule has 0 unspecified atom stereocenters. The quantitative estimate of drug-likeness (QED) is 0.368. The lowest BCUT2D eigenvalue weighted by atomic mass is 9.95. The highest BCUT2D eigenvalue weighted by Crippen LogP contribution is 2.40. The van der Waals surface area contributed by atoms with Crippen LogP contribution in [-0.4, -0.2) is 39.3 Å². The molecule has 3 heterocycles. The zero-order chi connectivity index (χ0) is 22.9. The maximum Gasteiger partial charge on any atom is 0.295 e. The van der Waals surface area contributed by atoms with E-state index in [-0.39, 0.29) is 17.4 Å². The van der Waals surface area contributed by atoms with Crippen molar-refractivity contribution in [1.82, 2.24) is 9.88 Å². The third kappa shape index (κ3) is 3.89. The van der Waals surface area contributed by atoms with Gasteiger partial charge in [0.2, 0.25) is 0 Å². The molecule has 6 heteroatoms. The van der Waals surface area contributed by atoms with Crippen LogP contribution in [0.5, 0.6) is 5.75 Å². The zero-order valence-electron chi connectivity index (χ0n) is 18.3. The summed E-state index contributed by atoms with van der Waals surface area (Å²) in [7, 11) is 0. The number of amides is 1. The third-order valence-corrected chi connectivity index (χ3v) is 6.22. The van der Waals surface area contributed by atoms with E-state index in [1.807, 2.05) is 43.3 Å². The minimum atomic E-state index is -0.680. The second-order valence-electron chi connectivity index (χ2n) is 8.46. The van der Waals surface area contributed by atoms with Crippen molar-refractivity contribution in [2.45, 2.75) is 31.9 Å². The first-order valence-corrected chi connectivity index (χ1v) is 11.0. The smallest absolute Gasteiger partial charge is 0.295 e. The number of aliphatic hydroxyl groups is 1. The van der Waals surface area contributed by atoms with Gasteiger partial charge in [-0.25, -0.2) is 0 Å². The summed E-state index contributed by atoms with van der Waals surface area (Å²) >= 11 is 0. The van der Waals surface area contributed by atoms with E-state index >= 15 is 0 Å². The van der Waals surface area contributed by atoms with Gasteiger partial charge in [0.25, 0.3) is 11.7 Å². The Morgan fingerprint density at radius 2 is 1.85 bits per heavy atom. The first-order chi connectivity index (χ1) is 16.0. The van der Waals surface area contributed by atoms with Crippen LogP contribution in [0.4, 0.5) is 0 Å². The lowest BCUT2D eigenvalue weighted by molar-refractivity contribution is -0.139. The van der Waals surface area contributed by atoms with Crippen LogP contribution in [-0.2, 0) is 22.4 Å². The molecule has 0 aliphatic carbocycles. The number of aliphatic hydroxyl groups excluding tert-OH is 1. The standard InChI is InChI=1S/C27H24N2O4/c1-17-15-21-16-20(7-8-22(21)33-17)25(30)23-24(19-9-12-28-13-10-19)29(27(32)26(23)31)14-11-18-5-3-2-4-6-18/h2-10,12-13,16-17,24,30H,11,14-15H2,1H3/b25-23+/t17-,24-/m0/s1. The number of carbonyl (C=O) groups is 2. The number of ether oxygens (including phenoxy) is 1.